The second-order valence-electron chi connectivity index (χ2n) is 7.57. The number of fused-ring (bicyclic) bond motifs is 3. The predicted molar refractivity (Wildman–Crippen MR) is 135 cm³/mol. The van der Waals surface area contributed by atoms with E-state index in [1.807, 2.05) is 49.4 Å². The number of halogens is 1. The molecule has 0 aliphatic carbocycles. The molecule has 1 aromatic carbocycles. The van der Waals surface area contributed by atoms with Crippen molar-refractivity contribution in [2.24, 2.45) is 10.7 Å². The first-order chi connectivity index (χ1) is 16.3. The maximum Gasteiger partial charge on any atom is 0.214 e. The molecule has 0 unspecified atom stereocenters. The van der Waals surface area contributed by atoms with Gasteiger partial charge in [0.25, 0.3) is 0 Å². The number of hydrogen-bond donors (Lipinski definition) is 1. The SMILES string of the molecule is CC(N)=O.Cc1noc2c1-c1sc(C#Cc3ccccn3)c(C)c1C(c1ccc(Cl)cc1)=NC2. The molecule has 1 aliphatic rings. The number of benzene rings is 1. The Morgan fingerprint density at radius 1 is 1.12 bits per heavy atom. The van der Waals surface area contributed by atoms with Gasteiger partial charge in [-0.1, -0.05) is 35.0 Å². The van der Waals surface area contributed by atoms with E-state index >= 15 is 0 Å². The molecule has 1 amide bonds. The molecule has 0 radical (unpaired) electrons. The molecule has 6 nitrogen and oxygen atoms in total. The maximum atomic E-state index is 9.22. The Balaban J connectivity index is 0.000000636. The zero-order valence-corrected chi connectivity index (χ0v) is 20.4. The summed E-state index contributed by atoms with van der Waals surface area (Å²) < 4.78 is 5.59. The minimum absolute atomic E-state index is 0.333. The summed E-state index contributed by atoms with van der Waals surface area (Å²) in [5.74, 6) is 6.93. The van der Waals surface area contributed by atoms with Crippen LogP contribution >= 0.6 is 22.9 Å². The van der Waals surface area contributed by atoms with E-state index in [2.05, 4.69) is 34.6 Å². The average Bonchev–Trinajstić information content (AvgIpc) is 3.27. The topological polar surface area (TPSA) is 94.4 Å². The third kappa shape index (κ3) is 4.93. The minimum Gasteiger partial charge on any atom is -0.370 e. The summed E-state index contributed by atoms with van der Waals surface area (Å²) >= 11 is 7.76. The van der Waals surface area contributed by atoms with Gasteiger partial charge in [0.15, 0.2) is 5.76 Å². The van der Waals surface area contributed by atoms with Crippen LogP contribution in [0.15, 0.2) is 58.2 Å². The molecule has 34 heavy (non-hydrogen) atoms. The molecule has 170 valence electrons. The number of aryl methyl sites for hydroxylation is 1. The van der Waals surface area contributed by atoms with E-state index in [0.29, 0.717) is 11.6 Å². The van der Waals surface area contributed by atoms with Crippen molar-refractivity contribution in [1.29, 1.82) is 0 Å². The van der Waals surface area contributed by atoms with Crippen molar-refractivity contribution in [2.75, 3.05) is 0 Å². The van der Waals surface area contributed by atoms with Gasteiger partial charge >= 0.3 is 0 Å². The number of carbonyl (C=O) groups is 1. The maximum absolute atomic E-state index is 9.22. The minimum atomic E-state index is -0.333. The molecule has 5 rings (SSSR count). The highest BCUT2D eigenvalue weighted by Gasteiger charge is 2.28. The number of amides is 1. The van der Waals surface area contributed by atoms with Crippen molar-refractivity contribution in [1.82, 2.24) is 10.1 Å². The van der Waals surface area contributed by atoms with Crippen LogP contribution in [0.3, 0.4) is 0 Å². The molecule has 0 atom stereocenters. The zero-order valence-electron chi connectivity index (χ0n) is 18.8. The standard InChI is InChI=1S/C24H16ClN3OS.C2H5NO/c1-14-20(11-10-18-5-3-4-12-26-18)30-24-21(14)23(16-6-8-17(25)9-7-16)27-13-19-22(24)15(2)28-29-19;1-2(3)4/h3-9,12H,13H2,1-2H3;1H3,(H2,3,4). The number of nitrogens with zero attached hydrogens (tertiary/aromatic N) is 3. The van der Waals surface area contributed by atoms with Crippen LogP contribution in [0.4, 0.5) is 0 Å². The van der Waals surface area contributed by atoms with Gasteiger partial charge in [-0.15, -0.1) is 11.3 Å². The summed E-state index contributed by atoms with van der Waals surface area (Å²) in [6, 6.07) is 13.5. The molecule has 1 aliphatic heterocycles. The summed E-state index contributed by atoms with van der Waals surface area (Å²) in [5, 5.41) is 4.88. The van der Waals surface area contributed by atoms with Gasteiger partial charge in [0.2, 0.25) is 5.91 Å². The van der Waals surface area contributed by atoms with Gasteiger partial charge in [0.1, 0.15) is 12.2 Å². The van der Waals surface area contributed by atoms with Crippen LogP contribution in [0.1, 0.15) is 45.6 Å². The Kier molecular flexibility index (Phi) is 6.92. The zero-order chi connectivity index (χ0) is 24.2. The molecular formula is C26H21ClN4O2S. The van der Waals surface area contributed by atoms with Crippen LogP contribution in [-0.4, -0.2) is 21.8 Å². The number of primary amides is 1. The smallest absolute Gasteiger partial charge is 0.214 e. The first-order valence-electron chi connectivity index (χ1n) is 10.4. The lowest BCUT2D eigenvalue weighted by molar-refractivity contribution is -0.115. The van der Waals surface area contributed by atoms with Crippen LogP contribution in [0, 0.1) is 25.7 Å². The van der Waals surface area contributed by atoms with Crippen molar-refractivity contribution >= 4 is 34.6 Å². The number of thiophene rings is 1. The quantitative estimate of drug-likeness (QED) is 0.367. The Morgan fingerprint density at radius 3 is 2.53 bits per heavy atom. The molecule has 4 heterocycles. The van der Waals surface area contributed by atoms with Gasteiger partial charge in [-0.25, -0.2) is 4.98 Å². The van der Waals surface area contributed by atoms with E-state index < -0.39 is 0 Å². The van der Waals surface area contributed by atoms with E-state index in [1.54, 1.807) is 17.5 Å². The van der Waals surface area contributed by atoms with Gasteiger partial charge in [0.05, 0.1) is 26.7 Å². The lowest BCUT2D eigenvalue weighted by Gasteiger charge is -2.08. The number of nitrogens with two attached hydrogens (primary N) is 1. The van der Waals surface area contributed by atoms with Crippen molar-refractivity contribution in [3.63, 3.8) is 0 Å². The molecule has 3 aromatic heterocycles. The van der Waals surface area contributed by atoms with Gasteiger partial charge in [-0.3, -0.25) is 9.79 Å². The van der Waals surface area contributed by atoms with Gasteiger partial charge in [-0.05, 0) is 55.5 Å². The van der Waals surface area contributed by atoms with Gasteiger partial charge in [0, 0.05) is 29.3 Å². The molecule has 2 N–H and O–H groups in total. The normalized spacial score (nSPS) is 11.6. The van der Waals surface area contributed by atoms with Crippen LogP contribution in [-0.2, 0) is 11.3 Å². The van der Waals surface area contributed by atoms with Gasteiger partial charge in [-0.2, -0.15) is 0 Å². The van der Waals surface area contributed by atoms with Crippen LogP contribution in [0.2, 0.25) is 5.02 Å². The third-order valence-electron chi connectivity index (χ3n) is 5.01. The summed E-state index contributed by atoms with van der Waals surface area (Å²) in [6.45, 7) is 5.81. The van der Waals surface area contributed by atoms with E-state index in [0.717, 1.165) is 54.9 Å². The van der Waals surface area contributed by atoms with E-state index in [4.69, 9.17) is 21.1 Å². The molecule has 0 saturated heterocycles. The second kappa shape index (κ2) is 10.0. The van der Waals surface area contributed by atoms with Crippen molar-refractivity contribution in [3.05, 3.63) is 92.4 Å². The molecule has 0 bridgehead atoms. The second-order valence-corrected chi connectivity index (χ2v) is 9.03. The Hall–Kier alpha value is -3.73. The summed E-state index contributed by atoms with van der Waals surface area (Å²) in [5.41, 5.74) is 11.2. The highest BCUT2D eigenvalue weighted by atomic mass is 35.5. The lowest BCUT2D eigenvalue weighted by Crippen LogP contribution is -2.05. The highest BCUT2D eigenvalue weighted by molar-refractivity contribution is 7.16. The summed E-state index contributed by atoms with van der Waals surface area (Å²) in [7, 11) is 0. The molecular weight excluding hydrogens is 468 g/mol. The fourth-order valence-electron chi connectivity index (χ4n) is 3.54. The first-order valence-corrected chi connectivity index (χ1v) is 11.6. The highest BCUT2D eigenvalue weighted by Crippen LogP contribution is 2.42. The number of carbonyl (C=O) groups excluding carboxylic acids is 1. The van der Waals surface area contributed by atoms with Crippen molar-refractivity contribution in [3.8, 4) is 22.3 Å². The Bertz CT molecular complexity index is 1440. The number of hydrogen-bond acceptors (Lipinski definition) is 6. The van der Waals surface area contributed by atoms with Crippen LogP contribution in [0.5, 0.6) is 0 Å². The van der Waals surface area contributed by atoms with E-state index in [1.165, 1.54) is 6.92 Å². The van der Waals surface area contributed by atoms with E-state index in [-0.39, 0.29) is 5.91 Å². The van der Waals surface area contributed by atoms with Crippen LogP contribution < -0.4 is 5.73 Å². The number of rotatable bonds is 1. The molecule has 0 fully saturated rings. The Labute approximate surface area is 206 Å². The molecule has 8 heteroatoms. The fraction of sp³-hybridized carbons (Fsp3) is 0.154. The lowest BCUT2D eigenvalue weighted by atomic mass is 9.96. The van der Waals surface area contributed by atoms with Gasteiger partial charge < -0.3 is 10.3 Å². The average molecular weight is 489 g/mol. The number of aromatic nitrogens is 2. The first kappa shape index (κ1) is 23.4. The monoisotopic (exact) mass is 488 g/mol. The predicted octanol–water partition coefficient (Wildman–Crippen LogP) is 5.31. The van der Waals surface area contributed by atoms with Crippen molar-refractivity contribution < 1.29 is 9.32 Å². The number of pyridine rings is 1. The molecule has 0 spiro atoms. The summed E-state index contributed by atoms with van der Waals surface area (Å²) in [4.78, 5) is 20.5. The molecule has 0 saturated carbocycles. The summed E-state index contributed by atoms with van der Waals surface area (Å²) in [6.07, 6.45) is 1.75. The fourth-order valence-corrected chi connectivity index (χ4v) is 4.94. The molecule has 4 aromatic rings. The largest absolute Gasteiger partial charge is 0.370 e. The number of aliphatic imine (C=N–C) groups is 1. The van der Waals surface area contributed by atoms with Crippen LogP contribution in [0.25, 0.3) is 10.4 Å². The van der Waals surface area contributed by atoms with E-state index in [9.17, 15) is 4.79 Å². The third-order valence-corrected chi connectivity index (χ3v) is 6.49. The Morgan fingerprint density at radius 2 is 1.85 bits per heavy atom. The van der Waals surface area contributed by atoms with Crippen molar-refractivity contribution in [2.45, 2.75) is 27.3 Å².